The van der Waals surface area contributed by atoms with Gasteiger partial charge in [-0.05, 0) is 43.2 Å². The molecule has 103 valence electrons. The summed E-state index contributed by atoms with van der Waals surface area (Å²) in [4.78, 5) is 11.1. The van der Waals surface area contributed by atoms with Crippen molar-refractivity contribution >= 4 is 17.3 Å². The van der Waals surface area contributed by atoms with E-state index >= 15 is 0 Å². The van der Waals surface area contributed by atoms with E-state index in [0.29, 0.717) is 5.69 Å². The summed E-state index contributed by atoms with van der Waals surface area (Å²) in [5.74, 6) is -0.927. The van der Waals surface area contributed by atoms with Gasteiger partial charge in [-0.25, -0.2) is 4.79 Å². The summed E-state index contributed by atoms with van der Waals surface area (Å²) < 4.78 is 0. The summed E-state index contributed by atoms with van der Waals surface area (Å²) in [7, 11) is 0. The summed E-state index contributed by atoms with van der Waals surface area (Å²) >= 11 is 0. The van der Waals surface area contributed by atoms with E-state index in [9.17, 15) is 4.79 Å². The number of carboxylic acids is 1. The zero-order valence-electron chi connectivity index (χ0n) is 10.7. The number of carbonyl (C=O) groups is 1. The maximum Gasteiger partial charge on any atom is 0.337 e. The van der Waals surface area contributed by atoms with Crippen molar-refractivity contribution in [3.63, 3.8) is 0 Å². The van der Waals surface area contributed by atoms with Crippen molar-refractivity contribution < 1.29 is 32.3 Å². The van der Waals surface area contributed by atoms with E-state index in [1.54, 1.807) is 18.2 Å². The first-order valence-corrected chi connectivity index (χ1v) is 5.75. The molecule has 0 atom stereocenters. The molecule has 0 spiro atoms. The van der Waals surface area contributed by atoms with Crippen molar-refractivity contribution in [1.29, 1.82) is 0 Å². The predicted octanol–water partition coefficient (Wildman–Crippen LogP) is 3.74. The SMILES string of the molecule is Cc1cccc(Nc2ccccc2C(=O)O)c1C.[Ag]. The van der Waals surface area contributed by atoms with E-state index in [1.165, 1.54) is 5.56 Å². The minimum Gasteiger partial charge on any atom is -0.478 e. The Morgan fingerprint density at radius 3 is 2.32 bits per heavy atom. The van der Waals surface area contributed by atoms with Gasteiger partial charge in [0.1, 0.15) is 0 Å². The Balaban J connectivity index is 0.00000180. The Morgan fingerprint density at radius 2 is 1.63 bits per heavy atom. The van der Waals surface area contributed by atoms with Crippen molar-refractivity contribution in [2.45, 2.75) is 13.8 Å². The molecule has 0 aliphatic carbocycles. The molecule has 2 aromatic rings. The number of para-hydroxylation sites is 1. The molecule has 0 heterocycles. The topological polar surface area (TPSA) is 49.3 Å². The molecule has 0 aromatic heterocycles. The van der Waals surface area contributed by atoms with Crippen LogP contribution in [0.3, 0.4) is 0 Å². The van der Waals surface area contributed by atoms with Crippen molar-refractivity contribution in [2.24, 2.45) is 0 Å². The molecule has 0 unspecified atom stereocenters. The van der Waals surface area contributed by atoms with Crippen LogP contribution in [0.1, 0.15) is 21.5 Å². The molecular formula is C15H15AgNO2. The van der Waals surface area contributed by atoms with E-state index < -0.39 is 5.97 Å². The summed E-state index contributed by atoms with van der Waals surface area (Å²) in [5.41, 5.74) is 4.12. The maximum absolute atomic E-state index is 11.1. The molecular weight excluding hydrogens is 334 g/mol. The summed E-state index contributed by atoms with van der Waals surface area (Å²) in [5, 5.41) is 12.3. The number of hydrogen-bond acceptors (Lipinski definition) is 2. The minimum atomic E-state index is -0.927. The Kier molecular flexibility index (Phi) is 5.36. The van der Waals surface area contributed by atoms with Gasteiger partial charge in [-0.15, -0.1) is 0 Å². The molecule has 0 fully saturated rings. The Bertz CT molecular complexity index is 596. The molecule has 0 aliphatic rings. The van der Waals surface area contributed by atoms with Crippen LogP contribution in [0.4, 0.5) is 11.4 Å². The zero-order chi connectivity index (χ0) is 13.1. The van der Waals surface area contributed by atoms with Crippen molar-refractivity contribution in [3.05, 3.63) is 59.2 Å². The van der Waals surface area contributed by atoms with Gasteiger partial charge in [-0.2, -0.15) is 0 Å². The van der Waals surface area contributed by atoms with Crippen LogP contribution in [0.2, 0.25) is 0 Å². The van der Waals surface area contributed by atoms with Crippen LogP contribution >= 0.6 is 0 Å². The normalized spacial score (nSPS) is 9.58. The molecule has 1 radical (unpaired) electrons. The van der Waals surface area contributed by atoms with Crippen molar-refractivity contribution in [2.75, 3.05) is 5.32 Å². The molecule has 2 rings (SSSR count). The molecule has 0 amide bonds. The monoisotopic (exact) mass is 348 g/mol. The standard InChI is InChI=1S/C15H15NO2.Ag/c1-10-6-5-9-13(11(10)2)16-14-8-4-3-7-12(14)15(17)18;/h3-9,16H,1-2H3,(H,17,18);. The van der Waals surface area contributed by atoms with Crippen LogP contribution in [0.25, 0.3) is 0 Å². The van der Waals surface area contributed by atoms with E-state index in [2.05, 4.69) is 5.32 Å². The summed E-state index contributed by atoms with van der Waals surface area (Å²) in [6.45, 7) is 4.05. The number of hydrogen-bond donors (Lipinski definition) is 2. The minimum absolute atomic E-state index is 0. The van der Waals surface area contributed by atoms with Crippen LogP contribution in [0, 0.1) is 13.8 Å². The number of benzene rings is 2. The fourth-order valence-electron chi connectivity index (χ4n) is 1.81. The molecule has 2 aromatic carbocycles. The first kappa shape index (κ1) is 15.5. The molecule has 3 nitrogen and oxygen atoms in total. The third-order valence-corrected chi connectivity index (χ3v) is 3.03. The molecule has 0 aliphatic heterocycles. The quantitative estimate of drug-likeness (QED) is 0.830. The summed E-state index contributed by atoms with van der Waals surface area (Å²) in [6, 6.07) is 12.8. The first-order valence-electron chi connectivity index (χ1n) is 5.75. The van der Waals surface area contributed by atoms with Gasteiger partial charge in [0.05, 0.1) is 11.3 Å². The van der Waals surface area contributed by atoms with Crippen LogP contribution in [-0.2, 0) is 22.4 Å². The second kappa shape index (κ2) is 6.57. The average molecular weight is 349 g/mol. The molecule has 0 saturated carbocycles. The zero-order valence-corrected chi connectivity index (χ0v) is 12.2. The van der Waals surface area contributed by atoms with Crippen LogP contribution < -0.4 is 5.32 Å². The number of rotatable bonds is 3. The van der Waals surface area contributed by atoms with Gasteiger partial charge >= 0.3 is 5.97 Å². The van der Waals surface area contributed by atoms with Gasteiger partial charge in [0.25, 0.3) is 0 Å². The second-order valence-electron chi connectivity index (χ2n) is 4.22. The maximum atomic E-state index is 11.1. The van der Waals surface area contributed by atoms with E-state index in [0.717, 1.165) is 11.3 Å². The van der Waals surface area contributed by atoms with E-state index in [1.807, 2.05) is 38.1 Å². The van der Waals surface area contributed by atoms with Crippen molar-refractivity contribution in [1.82, 2.24) is 0 Å². The van der Waals surface area contributed by atoms with E-state index in [4.69, 9.17) is 5.11 Å². The van der Waals surface area contributed by atoms with Crippen LogP contribution in [-0.4, -0.2) is 11.1 Å². The fraction of sp³-hybridized carbons (Fsp3) is 0.133. The van der Waals surface area contributed by atoms with Crippen LogP contribution in [0.15, 0.2) is 42.5 Å². The van der Waals surface area contributed by atoms with Gasteiger partial charge in [0.2, 0.25) is 0 Å². The Morgan fingerprint density at radius 1 is 1.00 bits per heavy atom. The molecule has 0 saturated heterocycles. The van der Waals surface area contributed by atoms with Crippen molar-refractivity contribution in [3.8, 4) is 0 Å². The fourth-order valence-corrected chi connectivity index (χ4v) is 1.81. The third kappa shape index (κ3) is 3.47. The van der Waals surface area contributed by atoms with Crippen LogP contribution in [0.5, 0.6) is 0 Å². The number of aryl methyl sites for hydroxylation is 1. The smallest absolute Gasteiger partial charge is 0.337 e. The van der Waals surface area contributed by atoms with Gasteiger partial charge in [0.15, 0.2) is 0 Å². The van der Waals surface area contributed by atoms with Gasteiger partial charge in [-0.1, -0.05) is 24.3 Å². The molecule has 0 bridgehead atoms. The first-order chi connectivity index (χ1) is 8.59. The summed E-state index contributed by atoms with van der Waals surface area (Å²) in [6.07, 6.45) is 0. The Labute approximate surface area is 128 Å². The predicted molar refractivity (Wildman–Crippen MR) is 72.6 cm³/mol. The molecule has 4 heteroatoms. The molecule has 2 N–H and O–H groups in total. The average Bonchev–Trinajstić information content (AvgIpc) is 2.35. The Hall–Kier alpha value is -1.55. The van der Waals surface area contributed by atoms with Gasteiger partial charge < -0.3 is 10.4 Å². The van der Waals surface area contributed by atoms with E-state index in [-0.39, 0.29) is 27.9 Å². The largest absolute Gasteiger partial charge is 0.478 e. The van der Waals surface area contributed by atoms with Gasteiger partial charge in [-0.3, -0.25) is 0 Å². The number of carboxylic acid groups (broad SMARTS) is 1. The molecule has 19 heavy (non-hydrogen) atoms. The number of aromatic carboxylic acids is 1. The second-order valence-corrected chi connectivity index (χ2v) is 4.22. The number of anilines is 2. The number of nitrogens with one attached hydrogen (secondary N) is 1. The van der Waals surface area contributed by atoms with Gasteiger partial charge in [0, 0.05) is 28.1 Å². The third-order valence-electron chi connectivity index (χ3n) is 3.03.